The molecule has 0 aromatic rings. The lowest BCUT2D eigenvalue weighted by atomic mass is 10.2. The van der Waals surface area contributed by atoms with E-state index in [4.69, 9.17) is 0 Å². The van der Waals surface area contributed by atoms with Gasteiger partial charge in [0.2, 0.25) is 0 Å². The van der Waals surface area contributed by atoms with Crippen molar-refractivity contribution in [3.05, 3.63) is 6.92 Å². The van der Waals surface area contributed by atoms with Gasteiger partial charge >= 0.3 is 0 Å². The molecule has 2 nitrogen and oxygen atoms in total. The lowest BCUT2D eigenvalue weighted by Gasteiger charge is -2.01. The summed E-state index contributed by atoms with van der Waals surface area (Å²) in [6.45, 7) is 8.42. The second-order valence-corrected chi connectivity index (χ2v) is 3.01. The van der Waals surface area contributed by atoms with Crippen molar-refractivity contribution in [3.63, 3.8) is 0 Å². The van der Waals surface area contributed by atoms with Gasteiger partial charge in [0, 0.05) is 6.42 Å². The molecule has 64 valence electrons. The average molecular weight is 156 g/mol. The Hall–Kier alpha value is -0.500. The third kappa shape index (κ3) is 9.50. The van der Waals surface area contributed by atoms with Gasteiger partial charge in [-0.05, 0) is 33.2 Å². The molecule has 0 aliphatic carbocycles. The van der Waals surface area contributed by atoms with Crippen LogP contribution in [0.5, 0.6) is 0 Å². The fraction of sp³-hybridized carbons (Fsp3) is 0.778. The van der Waals surface area contributed by atoms with Gasteiger partial charge in [0.05, 0.1) is 6.92 Å². The zero-order chi connectivity index (χ0) is 8.69. The summed E-state index contributed by atoms with van der Waals surface area (Å²) in [7, 11) is 0. The first-order chi connectivity index (χ1) is 5.13. The summed E-state index contributed by atoms with van der Waals surface area (Å²) in [5.74, 6) is 0.285. The van der Waals surface area contributed by atoms with Gasteiger partial charge in [0.1, 0.15) is 11.8 Å². The van der Waals surface area contributed by atoms with Crippen LogP contribution in [0.2, 0.25) is 0 Å². The molecular formula is C9H18NO+. The van der Waals surface area contributed by atoms with Gasteiger partial charge in [-0.15, -0.1) is 0 Å². The lowest BCUT2D eigenvalue weighted by molar-refractivity contribution is -0.117. The Morgan fingerprint density at radius 2 is 2.18 bits per heavy atom. The molecule has 0 aliphatic heterocycles. The summed E-state index contributed by atoms with van der Waals surface area (Å²) in [6.07, 6.45) is 2.78. The van der Waals surface area contributed by atoms with Crippen molar-refractivity contribution in [2.75, 3.05) is 6.54 Å². The van der Waals surface area contributed by atoms with Gasteiger partial charge in [-0.25, -0.2) is 0 Å². The zero-order valence-electron chi connectivity index (χ0n) is 7.52. The van der Waals surface area contributed by atoms with E-state index < -0.39 is 0 Å². The summed E-state index contributed by atoms with van der Waals surface area (Å²) in [6, 6.07) is 0.312. The van der Waals surface area contributed by atoms with Crippen LogP contribution in [0.15, 0.2) is 0 Å². The third-order valence-corrected chi connectivity index (χ3v) is 1.45. The van der Waals surface area contributed by atoms with E-state index in [0.717, 1.165) is 19.4 Å². The maximum absolute atomic E-state index is 10.5. The molecule has 0 aromatic heterocycles. The van der Waals surface area contributed by atoms with Crippen molar-refractivity contribution < 1.29 is 4.79 Å². The molecule has 0 aliphatic rings. The minimum Gasteiger partial charge on any atom is -0.300 e. The van der Waals surface area contributed by atoms with Crippen molar-refractivity contribution in [1.82, 2.24) is 5.32 Å². The first-order valence-corrected chi connectivity index (χ1v) is 4.19. The number of hydrogen-bond donors (Lipinski definition) is 1. The quantitative estimate of drug-likeness (QED) is 0.467. The summed E-state index contributed by atoms with van der Waals surface area (Å²) in [5, 5.41) is 3.20. The third-order valence-electron chi connectivity index (χ3n) is 1.45. The highest BCUT2D eigenvalue weighted by Crippen LogP contribution is 1.94. The standard InChI is InChI=1S/C9H18NO/c1-8(2)10-7-5-4-6-9(3)11/h8,10H,1,4-7H2,2-3H3/q+1. The summed E-state index contributed by atoms with van der Waals surface area (Å²) in [4.78, 5) is 10.5. The number of rotatable bonds is 6. The monoisotopic (exact) mass is 156 g/mol. The minimum atomic E-state index is 0.285. The summed E-state index contributed by atoms with van der Waals surface area (Å²) in [5.41, 5.74) is 0. The van der Waals surface area contributed by atoms with Gasteiger partial charge in [-0.1, -0.05) is 0 Å². The highest BCUT2D eigenvalue weighted by molar-refractivity contribution is 5.75. The molecular weight excluding hydrogens is 138 g/mol. The number of nitrogens with one attached hydrogen (secondary N) is 1. The molecule has 0 saturated heterocycles. The summed E-state index contributed by atoms with van der Waals surface area (Å²) < 4.78 is 0. The van der Waals surface area contributed by atoms with Crippen LogP contribution < -0.4 is 5.32 Å². The van der Waals surface area contributed by atoms with Crippen LogP contribution in [0, 0.1) is 6.92 Å². The topological polar surface area (TPSA) is 29.1 Å². The number of carbonyl (C=O) groups excluding carboxylic acids is 1. The molecule has 1 N–H and O–H groups in total. The highest BCUT2D eigenvalue weighted by Gasteiger charge is 1.97. The summed E-state index contributed by atoms with van der Waals surface area (Å²) >= 11 is 0. The van der Waals surface area contributed by atoms with Crippen LogP contribution in [0.1, 0.15) is 33.1 Å². The number of hydrogen-bond acceptors (Lipinski definition) is 2. The Bertz CT molecular complexity index is 110. The Morgan fingerprint density at radius 1 is 1.55 bits per heavy atom. The molecule has 2 heteroatoms. The Morgan fingerprint density at radius 3 is 2.64 bits per heavy atom. The zero-order valence-corrected chi connectivity index (χ0v) is 7.52. The molecule has 0 bridgehead atoms. The molecule has 0 fully saturated rings. The van der Waals surface area contributed by atoms with Crippen molar-refractivity contribution in [1.29, 1.82) is 0 Å². The number of carbonyl (C=O) groups is 1. The molecule has 0 spiro atoms. The van der Waals surface area contributed by atoms with E-state index >= 15 is 0 Å². The molecule has 1 atom stereocenters. The normalized spacial score (nSPS) is 12.9. The number of unbranched alkanes of at least 4 members (excludes halogenated alkanes) is 1. The predicted octanol–water partition coefficient (Wildman–Crippen LogP) is 1.56. The van der Waals surface area contributed by atoms with Gasteiger partial charge in [0.25, 0.3) is 0 Å². The van der Waals surface area contributed by atoms with Crippen molar-refractivity contribution >= 4 is 5.78 Å². The van der Waals surface area contributed by atoms with E-state index in [1.807, 2.05) is 6.92 Å². The highest BCUT2D eigenvalue weighted by atomic mass is 16.1. The molecule has 11 heavy (non-hydrogen) atoms. The second-order valence-electron chi connectivity index (χ2n) is 3.01. The smallest absolute Gasteiger partial charge is 0.143 e. The van der Waals surface area contributed by atoms with Crippen LogP contribution in [-0.4, -0.2) is 18.4 Å². The first kappa shape index (κ1) is 10.5. The largest absolute Gasteiger partial charge is 0.300 e. The first-order valence-electron chi connectivity index (χ1n) is 4.19. The average Bonchev–Trinajstić information content (AvgIpc) is 1.85. The fourth-order valence-electron chi connectivity index (χ4n) is 0.847. The Balaban J connectivity index is 2.97. The van der Waals surface area contributed by atoms with Gasteiger partial charge < -0.3 is 4.79 Å². The molecule has 0 heterocycles. The number of ketones is 1. The van der Waals surface area contributed by atoms with Crippen LogP contribution in [0.4, 0.5) is 0 Å². The maximum atomic E-state index is 10.5. The van der Waals surface area contributed by atoms with Gasteiger partial charge in [-0.2, -0.15) is 0 Å². The van der Waals surface area contributed by atoms with E-state index in [-0.39, 0.29) is 5.78 Å². The van der Waals surface area contributed by atoms with Crippen molar-refractivity contribution in [3.8, 4) is 0 Å². The maximum Gasteiger partial charge on any atom is 0.143 e. The molecule has 0 saturated carbocycles. The Kier molecular flexibility index (Phi) is 5.94. The number of Topliss-reactive ketones (excluding diaryl/α,β-unsaturated/α-hetero) is 1. The Labute approximate surface area is 69.4 Å². The predicted molar refractivity (Wildman–Crippen MR) is 47.4 cm³/mol. The van der Waals surface area contributed by atoms with Crippen LogP contribution in [-0.2, 0) is 4.79 Å². The van der Waals surface area contributed by atoms with Crippen LogP contribution in [0.3, 0.4) is 0 Å². The van der Waals surface area contributed by atoms with Gasteiger partial charge in [-0.3, -0.25) is 5.32 Å². The van der Waals surface area contributed by atoms with E-state index in [2.05, 4.69) is 12.2 Å². The van der Waals surface area contributed by atoms with Crippen LogP contribution >= 0.6 is 0 Å². The van der Waals surface area contributed by atoms with E-state index in [0.29, 0.717) is 12.5 Å². The van der Waals surface area contributed by atoms with E-state index in [1.165, 1.54) is 0 Å². The van der Waals surface area contributed by atoms with Crippen molar-refractivity contribution in [2.45, 2.75) is 39.2 Å². The second kappa shape index (κ2) is 6.23. The molecule has 0 amide bonds. The van der Waals surface area contributed by atoms with Crippen molar-refractivity contribution in [2.24, 2.45) is 0 Å². The van der Waals surface area contributed by atoms with E-state index in [9.17, 15) is 4.79 Å². The van der Waals surface area contributed by atoms with Crippen LogP contribution in [0.25, 0.3) is 0 Å². The molecule has 0 rings (SSSR count). The molecule has 0 radical (unpaired) electrons. The SMILES string of the molecule is [CH2+]C(C)NCCCCC(C)=O. The molecule has 1 unspecified atom stereocenters. The minimum absolute atomic E-state index is 0.285. The van der Waals surface area contributed by atoms with Gasteiger partial charge in [0.15, 0.2) is 0 Å². The van der Waals surface area contributed by atoms with E-state index in [1.54, 1.807) is 6.92 Å². The molecule has 0 aromatic carbocycles. The fourth-order valence-corrected chi connectivity index (χ4v) is 0.847. The lowest BCUT2D eigenvalue weighted by Crippen LogP contribution is -2.23.